The van der Waals surface area contributed by atoms with E-state index >= 15 is 0 Å². The molecule has 0 saturated carbocycles. The van der Waals surface area contributed by atoms with Crippen molar-refractivity contribution in [2.75, 3.05) is 0 Å². The molecule has 0 saturated heterocycles. The lowest BCUT2D eigenvalue weighted by molar-refractivity contribution is 0.560. The van der Waals surface area contributed by atoms with Gasteiger partial charge < -0.3 is 0 Å². The van der Waals surface area contributed by atoms with Gasteiger partial charge in [0.25, 0.3) is 0 Å². The Morgan fingerprint density at radius 1 is 1.50 bits per heavy atom. The van der Waals surface area contributed by atoms with E-state index in [0.717, 1.165) is 5.92 Å². The Hall–Kier alpha value is -0.260. The van der Waals surface area contributed by atoms with Crippen LogP contribution in [0, 0.1) is 5.92 Å². The third kappa shape index (κ3) is 5.74. The lowest BCUT2D eigenvalue weighted by Crippen LogP contribution is -1.84. The van der Waals surface area contributed by atoms with Crippen LogP contribution < -0.4 is 0 Å². The molecule has 0 unspecified atom stereocenters. The Morgan fingerprint density at radius 2 is 2.12 bits per heavy atom. The lowest BCUT2D eigenvalue weighted by atomic mass is 10.1. The van der Waals surface area contributed by atoms with Crippen molar-refractivity contribution in [2.24, 2.45) is 5.92 Å². The Labute approximate surface area is 52.6 Å². The highest BCUT2D eigenvalue weighted by molar-refractivity contribution is 4.65. The predicted octanol–water partition coefficient (Wildman–Crippen LogP) is 3.00. The zero-order valence-electron chi connectivity index (χ0n) is 5.98. The fraction of sp³-hybridized carbons (Fsp3) is 0.750. The molecule has 0 aromatic rings. The van der Waals surface area contributed by atoms with Crippen molar-refractivity contribution in [3.05, 3.63) is 12.7 Å². The van der Waals surface area contributed by atoms with E-state index in [1.165, 1.54) is 19.3 Å². The summed E-state index contributed by atoms with van der Waals surface area (Å²) in [6.07, 6.45) is 5.81. The van der Waals surface area contributed by atoms with Gasteiger partial charge in [0.05, 0.1) is 0 Å². The van der Waals surface area contributed by atoms with Gasteiger partial charge in [-0.3, -0.25) is 0 Å². The van der Waals surface area contributed by atoms with Gasteiger partial charge in [-0.15, -0.1) is 6.58 Å². The average Bonchev–Trinajstić information content (AvgIpc) is 1.66. The van der Waals surface area contributed by atoms with E-state index in [-0.39, 0.29) is 0 Å². The van der Waals surface area contributed by atoms with Crippen LogP contribution in [-0.4, -0.2) is 0 Å². The van der Waals surface area contributed by atoms with Crippen LogP contribution in [0.25, 0.3) is 0 Å². The molecule has 0 aliphatic rings. The second-order valence-electron chi connectivity index (χ2n) is 2.61. The number of hydrogen-bond acceptors (Lipinski definition) is 0. The zero-order chi connectivity index (χ0) is 6.41. The normalized spacial score (nSPS) is 9.88. The van der Waals surface area contributed by atoms with Crippen molar-refractivity contribution < 1.29 is 0 Å². The zero-order valence-corrected chi connectivity index (χ0v) is 5.98. The third-order valence-corrected chi connectivity index (χ3v) is 1.19. The molecular formula is C8H16. The summed E-state index contributed by atoms with van der Waals surface area (Å²) in [6.45, 7) is 8.16. The molecule has 0 radical (unpaired) electrons. The third-order valence-electron chi connectivity index (χ3n) is 1.19. The van der Waals surface area contributed by atoms with Gasteiger partial charge >= 0.3 is 0 Å². The summed E-state index contributed by atoms with van der Waals surface area (Å²) < 4.78 is 0. The van der Waals surface area contributed by atoms with Crippen molar-refractivity contribution >= 4 is 0 Å². The number of unbranched alkanes of at least 4 members (excludes halogenated alkanes) is 1. The number of allylic oxidation sites excluding steroid dienone is 1. The van der Waals surface area contributed by atoms with E-state index in [2.05, 4.69) is 20.4 Å². The van der Waals surface area contributed by atoms with Crippen LogP contribution in [0.4, 0.5) is 0 Å². The van der Waals surface area contributed by atoms with Crippen molar-refractivity contribution in [3.63, 3.8) is 0 Å². The Kier molecular flexibility index (Phi) is 4.73. The van der Waals surface area contributed by atoms with Gasteiger partial charge in [-0.2, -0.15) is 0 Å². The summed E-state index contributed by atoms with van der Waals surface area (Å²) in [5, 5.41) is 0. The van der Waals surface area contributed by atoms with Gasteiger partial charge in [0, 0.05) is 0 Å². The molecular weight excluding hydrogens is 96.1 g/mol. The summed E-state index contributed by atoms with van der Waals surface area (Å²) >= 11 is 0. The maximum absolute atomic E-state index is 3.66. The Bertz CT molecular complexity index is 53.1. The summed E-state index contributed by atoms with van der Waals surface area (Å²) in [4.78, 5) is 0. The van der Waals surface area contributed by atoms with E-state index in [1.807, 2.05) is 6.08 Å². The summed E-state index contributed by atoms with van der Waals surface area (Å²) in [7, 11) is 0. The van der Waals surface area contributed by atoms with Crippen LogP contribution in [0.1, 0.15) is 33.1 Å². The fourth-order valence-electron chi connectivity index (χ4n) is 0.670. The van der Waals surface area contributed by atoms with E-state index in [1.54, 1.807) is 0 Å². The molecule has 0 aliphatic carbocycles. The van der Waals surface area contributed by atoms with Crippen LogP contribution in [0.5, 0.6) is 0 Å². The molecule has 0 rings (SSSR count). The van der Waals surface area contributed by atoms with Crippen molar-refractivity contribution in [1.82, 2.24) is 0 Å². The molecule has 0 aliphatic heterocycles. The van der Waals surface area contributed by atoms with E-state index in [4.69, 9.17) is 0 Å². The molecule has 0 heterocycles. The van der Waals surface area contributed by atoms with Crippen LogP contribution >= 0.6 is 0 Å². The minimum Gasteiger partial charge on any atom is -0.103 e. The first kappa shape index (κ1) is 7.74. The van der Waals surface area contributed by atoms with Gasteiger partial charge in [0.2, 0.25) is 0 Å². The Morgan fingerprint density at radius 3 is 2.50 bits per heavy atom. The highest BCUT2D eigenvalue weighted by Gasteiger charge is 1.89. The minimum absolute atomic E-state index is 0.856. The fourth-order valence-corrected chi connectivity index (χ4v) is 0.670. The van der Waals surface area contributed by atoms with Crippen molar-refractivity contribution in [1.29, 1.82) is 0 Å². The maximum atomic E-state index is 3.66. The highest BCUT2D eigenvalue weighted by Crippen LogP contribution is 2.05. The largest absolute Gasteiger partial charge is 0.103 e. The SMILES string of the molecule is C=CCCCC(C)C. The van der Waals surface area contributed by atoms with Crippen molar-refractivity contribution in [2.45, 2.75) is 33.1 Å². The number of rotatable bonds is 4. The highest BCUT2D eigenvalue weighted by atomic mass is 14.0. The maximum Gasteiger partial charge on any atom is -0.0353 e. The molecule has 0 spiro atoms. The van der Waals surface area contributed by atoms with Crippen LogP contribution in [0.2, 0.25) is 0 Å². The summed E-state index contributed by atoms with van der Waals surface area (Å²) in [6, 6.07) is 0. The minimum atomic E-state index is 0.856. The summed E-state index contributed by atoms with van der Waals surface area (Å²) in [5.74, 6) is 0.856. The average molecular weight is 112 g/mol. The predicted molar refractivity (Wildman–Crippen MR) is 38.9 cm³/mol. The lowest BCUT2D eigenvalue weighted by Gasteiger charge is -1.99. The molecule has 0 aromatic carbocycles. The molecule has 0 nitrogen and oxygen atoms in total. The standard InChI is InChI=1S/C8H16/c1-4-5-6-7-8(2)3/h4,8H,1,5-7H2,2-3H3. The quantitative estimate of drug-likeness (QED) is 0.387. The second-order valence-corrected chi connectivity index (χ2v) is 2.61. The topological polar surface area (TPSA) is 0 Å². The molecule has 0 N–H and O–H groups in total. The smallest absolute Gasteiger partial charge is 0.0353 e. The van der Waals surface area contributed by atoms with E-state index < -0.39 is 0 Å². The first-order valence-corrected chi connectivity index (χ1v) is 3.38. The van der Waals surface area contributed by atoms with E-state index in [0.29, 0.717) is 0 Å². The van der Waals surface area contributed by atoms with Crippen LogP contribution in [0.3, 0.4) is 0 Å². The molecule has 0 heteroatoms. The molecule has 0 fully saturated rings. The molecule has 0 atom stereocenters. The van der Waals surface area contributed by atoms with Crippen molar-refractivity contribution in [3.8, 4) is 0 Å². The molecule has 8 heavy (non-hydrogen) atoms. The van der Waals surface area contributed by atoms with Crippen LogP contribution in [-0.2, 0) is 0 Å². The molecule has 0 aromatic heterocycles. The first-order chi connectivity index (χ1) is 3.77. The van der Waals surface area contributed by atoms with Gasteiger partial charge in [-0.1, -0.05) is 26.3 Å². The monoisotopic (exact) mass is 112 g/mol. The Balaban J connectivity index is 2.81. The van der Waals surface area contributed by atoms with Gasteiger partial charge in [0.1, 0.15) is 0 Å². The molecule has 0 amide bonds. The second kappa shape index (κ2) is 4.89. The molecule has 0 bridgehead atoms. The first-order valence-electron chi connectivity index (χ1n) is 3.38. The van der Waals surface area contributed by atoms with Crippen LogP contribution in [0.15, 0.2) is 12.7 Å². The number of hydrogen-bond donors (Lipinski definition) is 0. The van der Waals surface area contributed by atoms with Gasteiger partial charge in [0.15, 0.2) is 0 Å². The van der Waals surface area contributed by atoms with Gasteiger partial charge in [-0.05, 0) is 18.8 Å². The van der Waals surface area contributed by atoms with Gasteiger partial charge in [-0.25, -0.2) is 0 Å². The molecule has 48 valence electrons. The van der Waals surface area contributed by atoms with E-state index in [9.17, 15) is 0 Å². The summed E-state index contributed by atoms with van der Waals surface area (Å²) in [5.41, 5.74) is 0.